The van der Waals surface area contributed by atoms with Crippen molar-refractivity contribution in [1.29, 1.82) is 0 Å². The minimum Gasteiger partial charge on any atom is -0.267 e. The molecule has 4 heteroatoms. The van der Waals surface area contributed by atoms with Gasteiger partial charge in [-0.2, -0.15) is 5.10 Å². The molecule has 1 amide bonds. The van der Waals surface area contributed by atoms with Crippen LogP contribution in [0.4, 0.5) is 0 Å². The Balaban J connectivity index is 1.94. The van der Waals surface area contributed by atoms with E-state index >= 15 is 0 Å². The van der Waals surface area contributed by atoms with Crippen LogP contribution in [0.3, 0.4) is 0 Å². The third-order valence-corrected chi connectivity index (χ3v) is 2.57. The van der Waals surface area contributed by atoms with Crippen molar-refractivity contribution in [2.45, 2.75) is 6.92 Å². The van der Waals surface area contributed by atoms with Gasteiger partial charge in [0.2, 0.25) is 0 Å². The fourth-order valence-corrected chi connectivity index (χ4v) is 1.61. The fraction of sp³-hybridized carbons (Fsp3) is 0.0625. The summed E-state index contributed by atoms with van der Waals surface area (Å²) >= 11 is 0. The second-order valence-corrected chi connectivity index (χ2v) is 4.23. The molecule has 20 heavy (non-hydrogen) atoms. The molecule has 0 aliphatic rings. The Morgan fingerprint density at radius 3 is 2.55 bits per heavy atom. The molecule has 1 heterocycles. The molecule has 1 aromatic heterocycles. The maximum Gasteiger partial charge on any atom is 0.271 e. The number of allylic oxidation sites excluding steroid dienone is 1. The first-order valence-electron chi connectivity index (χ1n) is 6.22. The van der Waals surface area contributed by atoms with Gasteiger partial charge in [0.25, 0.3) is 5.91 Å². The predicted molar refractivity (Wildman–Crippen MR) is 80.3 cm³/mol. The van der Waals surface area contributed by atoms with Crippen LogP contribution in [0.15, 0.2) is 65.5 Å². The van der Waals surface area contributed by atoms with Gasteiger partial charge in [0, 0.05) is 18.0 Å². The Kier molecular flexibility index (Phi) is 4.78. The minimum atomic E-state index is -0.254. The van der Waals surface area contributed by atoms with Crippen LogP contribution >= 0.6 is 0 Å². The van der Waals surface area contributed by atoms with E-state index in [1.54, 1.807) is 30.7 Å². The largest absolute Gasteiger partial charge is 0.271 e. The standard InChI is InChI=1S/C16H15N3O/c1-13(11-14-5-3-2-4-6-14)12-18-19-16(20)15-7-9-17-10-8-15/h2-12H,1H3,(H,19,20)/b13-11+,18-12-. The molecule has 0 aliphatic heterocycles. The Labute approximate surface area is 117 Å². The van der Waals surface area contributed by atoms with Gasteiger partial charge in [0.15, 0.2) is 0 Å². The summed E-state index contributed by atoms with van der Waals surface area (Å²) in [4.78, 5) is 15.6. The van der Waals surface area contributed by atoms with E-state index in [0.717, 1.165) is 11.1 Å². The van der Waals surface area contributed by atoms with Crippen LogP contribution in [0.5, 0.6) is 0 Å². The number of hydrazone groups is 1. The van der Waals surface area contributed by atoms with Crippen molar-refractivity contribution in [3.63, 3.8) is 0 Å². The Morgan fingerprint density at radius 1 is 1.15 bits per heavy atom. The summed E-state index contributed by atoms with van der Waals surface area (Å²) in [5.74, 6) is -0.254. The number of carbonyl (C=O) groups excluding carboxylic acids is 1. The highest BCUT2D eigenvalue weighted by molar-refractivity contribution is 5.95. The molecule has 100 valence electrons. The molecule has 2 rings (SSSR count). The molecule has 0 saturated heterocycles. The summed E-state index contributed by atoms with van der Waals surface area (Å²) in [5.41, 5.74) is 5.05. The molecule has 0 bridgehead atoms. The predicted octanol–water partition coefficient (Wildman–Crippen LogP) is 2.90. The van der Waals surface area contributed by atoms with Gasteiger partial charge in [-0.25, -0.2) is 5.43 Å². The lowest BCUT2D eigenvalue weighted by Crippen LogP contribution is -2.17. The van der Waals surface area contributed by atoms with E-state index in [1.165, 1.54) is 0 Å². The number of hydrogen-bond donors (Lipinski definition) is 1. The molecular weight excluding hydrogens is 250 g/mol. The number of nitrogens with one attached hydrogen (secondary N) is 1. The maximum atomic E-state index is 11.7. The van der Waals surface area contributed by atoms with Gasteiger partial charge in [-0.15, -0.1) is 0 Å². The van der Waals surface area contributed by atoms with Crippen LogP contribution in [-0.4, -0.2) is 17.1 Å². The SMILES string of the molecule is CC(/C=N\NC(=O)c1ccncc1)=C\c1ccccc1. The second kappa shape index (κ2) is 6.99. The second-order valence-electron chi connectivity index (χ2n) is 4.23. The molecule has 0 spiro atoms. The van der Waals surface area contributed by atoms with Gasteiger partial charge >= 0.3 is 0 Å². The number of hydrogen-bond acceptors (Lipinski definition) is 3. The molecule has 0 unspecified atom stereocenters. The highest BCUT2D eigenvalue weighted by Crippen LogP contribution is 2.04. The van der Waals surface area contributed by atoms with E-state index in [9.17, 15) is 4.79 Å². The van der Waals surface area contributed by atoms with Gasteiger partial charge in [-0.3, -0.25) is 9.78 Å². The van der Waals surface area contributed by atoms with E-state index in [-0.39, 0.29) is 5.91 Å². The van der Waals surface area contributed by atoms with E-state index in [4.69, 9.17) is 0 Å². The van der Waals surface area contributed by atoms with Gasteiger partial charge in [0.05, 0.1) is 6.21 Å². The summed E-state index contributed by atoms with van der Waals surface area (Å²) in [6, 6.07) is 13.2. The van der Waals surface area contributed by atoms with E-state index in [2.05, 4.69) is 15.5 Å². The van der Waals surface area contributed by atoms with Gasteiger partial charge in [0.1, 0.15) is 0 Å². The van der Waals surface area contributed by atoms with Crippen molar-refractivity contribution in [3.05, 3.63) is 71.6 Å². The number of aromatic nitrogens is 1. The number of rotatable bonds is 4. The Hall–Kier alpha value is -2.75. The molecule has 0 radical (unpaired) electrons. The van der Waals surface area contributed by atoms with Gasteiger partial charge in [-0.05, 0) is 30.2 Å². The van der Waals surface area contributed by atoms with Crippen molar-refractivity contribution >= 4 is 18.2 Å². The van der Waals surface area contributed by atoms with Crippen LogP contribution in [0.25, 0.3) is 6.08 Å². The molecule has 0 saturated carbocycles. The zero-order valence-electron chi connectivity index (χ0n) is 11.2. The van der Waals surface area contributed by atoms with Crippen molar-refractivity contribution in [2.75, 3.05) is 0 Å². The number of amides is 1. The quantitative estimate of drug-likeness (QED) is 0.682. The van der Waals surface area contributed by atoms with Crippen LogP contribution in [0, 0.1) is 0 Å². The first-order valence-corrected chi connectivity index (χ1v) is 6.22. The van der Waals surface area contributed by atoms with Crippen molar-refractivity contribution in [3.8, 4) is 0 Å². The zero-order chi connectivity index (χ0) is 14.2. The normalized spacial score (nSPS) is 11.6. The first-order chi connectivity index (χ1) is 9.75. The highest BCUT2D eigenvalue weighted by Gasteiger charge is 2.01. The van der Waals surface area contributed by atoms with E-state index in [0.29, 0.717) is 5.56 Å². The van der Waals surface area contributed by atoms with E-state index < -0.39 is 0 Å². The summed E-state index contributed by atoms with van der Waals surface area (Å²) in [5, 5.41) is 3.93. The minimum absolute atomic E-state index is 0.254. The van der Waals surface area contributed by atoms with Gasteiger partial charge < -0.3 is 0 Å². The lowest BCUT2D eigenvalue weighted by atomic mass is 10.1. The van der Waals surface area contributed by atoms with Crippen molar-refractivity contribution in [2.24, 2.45) is 5.10 Å². The lowest BCUT2D eigenvalue weighted by molar-refractivity contribution is 0.0955. The smallest absolute Gasteiger partial charge is 0.267 e. The third-order valence-electron chi connectivity index (χ3n) is 2.57. The maximum absolute atomic E-state index is 11.7. The fourth-order valence-electron chi connectivity index (χ4n) is 1.61. The number of carbonyl (C=O) groups is 1. The monoisotopic (exact) mass is 265 g/mol. The summed E-state index contributed by atoms with van der Waals surface area (Å²) in [6.45, 7) is 1.93. The zero-order valence-corrected chi connectivity index (χ0v) is 11.2. The number of nitrogens with zero attached hydrogens (tertiary/aromatic N) is 2. The summed E-state index contributed by atoms with van der Waals surface area (Å²) < 4.78 is 0. The molecular formula is C16H15N3O. The van der Waals surface area contributed by atoms with Crippen LogP contribution in [0.2, 0.25) is 0 Å². The summed E-state index contributed by atoms with van der Waals surface area (Å²) in [7, 11) is 0. The third kappa shape index (κ3) is 4.17. The average molecular weight is 265 g/mol. The molecule has 1 N–H and O–H groups in total. The van der Waals surface area contributed by atoms with Crippen LogP contribution in [0.1, 0.15) is 22.8 Å². The highest BCUT2D eigenvalue weighted by atomic mass is 16.2. The lowest BCUT2D eigenvalue weighted by Gasteiger charge is -1.98. The number of pyridine rings is 1. The van der Waals surface area contributed by atoms with Crippen molar-refractivity contribution < 1.29 is 4.79 Å². The van der Waals surface area contributed by atoms with E-state index in [1.807, 2.05) is 43.3 Å². The molecule has 0 aliphatic carbocycles. The Bertz CT molecular complexity index is 619. The average Bonchev–Trinajstić information content (AvgIpc) is 2.49. The first kappa shape index (κ1) is 13.7. The number of benzene rings is 1. The molecule has 0 fully saturated rings. The summed E-state index contributed by atoms with van der Waals surface area (Å²) in [6.07, 6.45) is 6.74. The van der Waals surface area contributed by atoms with Crippen LogP contribution < -0.4 is 5.43 Å². The molecule has 1 aromatic carbocycles. The van der Waals surface area contributed by atoms with Gasteiger partial charge in [-0.1, -0.05) is 36.4 Å². The van der Waals surface area contributed by atoms with Crippen molar-refractivity contribution in [1.82, 2.24) is 10.4 Å². The topological polar surface area (TPSA) is 54.4 Å². The molecule has 0 atom stereocenters. The molecule has 4 nitrogen and oxygen atoms in total. The molecule has 2 aromatic rings. The van der Waals surface area contributed by atoms with Crippen LogP contribution in [-0.2, 0) is 0 Å². The Morgan fingerprint density at radius 2 is 1.85 bits per heavy atom.